The van der Waals surface area contributed by atoms with E-state index in [0.29, 0.717) is 6.54 Å². The first-order valence-corrected chi connectivity index (χ1v) is 6.68. The van der Waals surface area contributed by atoms with Crippen molar-refractivity contribution >= 4 is 5.91 Å². The lowest BCUT2D eigenvalue weighted by atomic mass is 10.1. The van der Waals surface area contributed by atoms with Gasteiger partial charge in [0.15, 0.2) is 0 Å². The Balaban J connectivity index is 2.28. The molecule has 21 heavy (non-hydrogen) atoms. The minimum Gasteiger partial charge on any atom is -0.508 e. The Morgan fingerprint density at radius 1 is 1.38 bits per heavy atom. The Kier molecular flexibility index (Phi) is 4.37. The van der Waals surface area contributed by atoms with Crippen molar-refractivity contribution in [2.24, 2.45) is 0 Å². The van der Waals surface area contributed by atoms with Gasteiger partial charge in [0, 0.05) is 12.6 Å². The number of hydrogen-bond acceptors (Lipinski definition) is 4. The van der Waals surface area contributed by atoms with E-state index in [0.717, 1.165) is 5.56 Å². The van der Waals surface area contributed by atoms with E-state index in [2.05, 4.69) is 10.2 Å². The van der Waals surface area contributed by atoms with Gasteiger partial charge in [0.2, 0.25) is 0 Å². The molecular weight excluding hydrogens is 270 g/mol. The standard InChI is InChI=1S/C15H17N3O3/c1-3-18(10(2)11-5-4-6-12(19)9-11)15(21)13-7-8-14(20)17-16-13/h4-10,19H,3H2,1-2H3,(H,17,20). The molecule has 0 saturated heterocycles. The van der Waals surface area contributed by atoms with Crippen molar-refractivity contribution in [3.8, 4) is 5.75 Å². The van der Waals surface area contributed by atoms with E-state index in [1.54, 1.807) is 23.1 Å². The van der Waals surface area contributed by atoms with E-state index in [4.69, 9.17) is 0 Å². The minimum absolute atomic E-state index is 0.157. The summed E-state index contributed by atoms with van der Waals surface area (Å²) in [4.78, 5) is 25.1. The molecule has 1 aromatic heterocycles. The fourth-order valence-electron chi connectivity index (χ4n) is 2.17. The van der Waals surface area contributed by atoms with E-state index in [1.165, 1.54) is 12.1 Å². The predicted molar refractivity (Wildman–Crippen MR) is 78.1 cm³/mol. The highest BCUT2D eigenvalue weighted by Gasteiger charge is 2.22. The molecule has 6 nitrogen and oxygen atoms in total. The van der Waals surface area contributed by atoms with Crippen LogP contribution in [0.4, 0.5) is 0 Å². The summed E-state index contributed by atoms with van der Waals surface area (Å²) in [5.41, 5.74) is 0.661. The maximum absolute atomic E-state index is 12.5. The second-order valence-electron chi connectivity index (χ2n) is 4.67. The lowest BCUT2D eigenvalue weighted by Crippen LogP contribution is -2.34. The maximum atomic E-state index is 12.5. The molecule has 0 aliphatic heterocycles. The number of phenols is 1. The second-order valence-corrected chi connectivity index (χ2v) is 4.67. The number of benzene rings is 1. The first-order chi connectivity index (χ1) is 10.0. The molecule has 0 radical (unpaired) electrons. The average Bonchev–Trinajstić information content (AvgIpc) is 2.48. The highest BCUT2D eigenvalue weighted by molar-refractivity contribution is 5.92. The lowest BCUT2D eigenvalue weighted by molar-refractivity contribution is 0.0694. The van der Waals surface area contributed by atoms with E-state index >= 15 is 0 Å². The fraction of sp³-hybridized carbons (Fsp3) is 0.267. The summed E-state index contributed by atoms with van der Waals surface area (Å²) < 4.78 is 0. The summed E-state index contributed by atoms with van der Waals surface area (Å²) in [6.45, 7) is 4.22. The summed E-state index contributed by atoms with van der Waals surface area (Å²) in [6.07, 6.45) is 0. The molecule has 0 fully saturated rings. The largest absolute Gasteiger partial charge is 0.508 e. The van der Waals surface area contributed by atoms with Gasteiger partial charge in [-0.15, -0.1) is 0 Å². The van der Waals surface area contributed by atoms with Gasteiger partial charge in [-0.05, 0) is 37.6 Å². The molecule has 1 aromatic carbocycles. The lowest BCUT2D eigenvalue weighted by Gasteiger charge is -2.28. The van der Waals surface area contributed by atoms with Gasteiger partial charge in [0.05, 0.1) is 6.04 Å². The number of H-pyrrole nitrogens is 1. The van der Waals surface area contributed by atoms with E-state index in [1.807, 2.05) is 19.9 Å². The molecule has 0 bridgehead atoms. The second kappa shape index (κ2) is 6.21. The zero-order chi connectivity index (χ0) is 15.4. The summed E-state index contributed by atoms with van der Waals surface area (Å²) in [6, 6.07) is 9.24. The van der Waals surface area contributed by atoms with Gasteiger partial charge >= 0.3 is 0 Å². The Morgan fingerprint density at radius 2 is 2.14 bits per heavy atom. The number of aromatic amines is 1. The smallest absolute Gasteiger partial charge is 0.274 e. The van der Waals surface area contributed by atoms with Crippen LogP contribution in [0, 0.1) is 0 Å². The van der Waals surface area contributed by atoms with Gasteiger partial charge in [-0.3, -0.25) is 9.59 Å². The van der Waals surface area contributed by atoms with Crippen LogP contribution in [0.3, 0.4) is 0 Å². The number of nitrogens with zero attached hydrogens (tertiary/aromatic N) is 2. The third-order valence-electron chi connectivity index (χ3n) is 3.32. The molecule has 2 rings (SSSR count). The monoisotopic (exact) mass is 287 g/mol. The predicted octanol–water partition coefficient (Wildman–Crippen LogP) is 1.70. The molecule has 1 heterocycles. The van der Waals surface area contributed by atoms with E-state index in [9.17, 15) is 14.7 Å². The number of rotatable bonds is 4. The van der Waals surface area contributed by atoms with Gasteiger partial charge in [-0.1, -0.05) is 12.1 Å². The number of carbonyl (C=O) groups is 1. The summed E-state index contributed by atoms with van der Waals surface area (Å²) >= 11 is 0. The van der Waals surface area contributed by atoms with Crippen LogP contribution < -0.4 is 5.56 Å². The number of phenolic OH excluding ortho intramolecular Hbond substituents is 1. The first-order valence-electron chi connectivity index (χ1n) is 6.68. The summed E-state index contributed by atoms with van der Waals surface area (Å²) in [5, 5.41) is 15.6. The Hall–Kier alpha value is -2.63. The van der Waals surface area contributed by atoms with Crippen molar-refractivity contribution in [2.45, 2.75) is 19.9 Å². The minimum atomic E-state index is -0.351. The van der Waals surface area contributed by atoms with E-state index < -0.39 is 0 Å². The number of aromatic hydroxyl groups is 1. The van der Waals surface area contributed by atoms with Gasteiger partial charge in [0.25, 0.3) is 11.5 Å². The van der Waals surface area contributed by atoms with E-state index in [-0.39, 0.29) is 29.0 Å². The molecule has 110 valence electrons. The molecule has 1 atom stereocenters. The van der Waals surface area contributed by atoms with Crippen LogP contribution >= 0.6 is 0 Å². The van der Waals surface area contributed by atoms with Gasteiger partial charge in [0.1, 0.15) is 11.4 Å². The summed E-state index contributed by atoms with van der Waals surface area (Å²) in [7, 11) is 0. The van der Waals surface area contributed by atoms with Crippen molar-refractivity contribution in [2.75, 3.05) is 6.54 Å². The molecule has 2 aromatic rings. The molecule has 0 aliphatic rings. The zero-order valence-corrected chi connectivity index (χ0v) is 11.9. The van der Waals surface area contributed by atoms with Crippen LogP contribution in [0.25, 0.3) is 0 Å². The van der Waals surface area contributed by atoms with Crippen molar-refractivity contribution < 1.29 is 9.90 Å². The van der Waals surface area contributed by atoms with Crippen LogP contribution in [0.1, 0.15) is 35.9 Å². The van der Waals surface area contributed by atoms with Crippen LogP contribution in [-0.4, -0.2) is 32.7 Å². The maximum Gasteiger partial charge on any atom is 0.274 e. The van der Waals surface area contributed by atoms with Crippen molar-refractivity contribution in [1.29, 1.82) is 0 Å². The van der Waals surface area contributed by atoms with Crippen LogP contribution in [0.2, 0.25) is 0 Å². The highest BCUT2D eigenvalue weighted by Crippen LogP contribution is 2.24. The van der Waals surface area contributed by atoms with Crippen LogP contribution in [-0.2, 0) is 0 Å². The molecule has 0 saturated carbocycles. The fourth-order valence-corrected chi connectivity index (χ4v) is 2.17. The molecule has 2 N–H and O–H groups in total. The number of aromatic nitrogens is 2. The van der Waals surface area contributed by atoms with Gasteiger partial charge < -0.3 is 10.0 Å². The normalized spacial score (nSPS) is 11.9. The topological polar surface area (TPSA) is 86.3 Å². The molecule has 0 aliphatic carbocycles. The first kappa shape index (κ1) is 14.8. The van der Waals surface area contributed by atoms with Crippen molar-refractivity contribution in [3.05, 3.63) is 58.0 Å². The van der Waals surface area contributed by atoms with Gasteiger partial charge in [-0.2, -0.15) is 5.10 Å². The zero-order valence-electron chi connectivity index (χ0n) is 11.9. The third kappa shape index (κ3) is 3.28. The quantitative estimate of drug-likeness (QED) is 0.896. The van der Waals surface area contributed by atoms with Crippen LogP contribution in [0.5, 0.6) is 5.75 Å². The third-order valence-corrected chi connectivity index (χ3v) is 3.32. The van der Waals surface area contributed by atoms with Crippen molar-refractivity contribution in [3.63, 3.8) is 0 Å². The molecule has 1 unspecified atom stereocenters. The Morgan fingerprint density at radius 3 is 2.71 bits per heavy atom. The highest BCUT2D eigenvalue weighted by atomic mass is 16.3. The SMILES string of the molecule is CCN(C(=O)c1ccc(=O)[nH]n1)C(C)c1cccc(O)c1. The molecular formula is C15H17N3O3. The summed E-state index contributed by atoms with van der Waals surface area (Å²) in [5.74, 6) is -0.116. The van der Waals surface area contributed by atoms with Crippen molar-refractivity contribution in [1.82, 2.24) is 15.1 Å². The van der Waals surface area contributed by atoms with Crippen LogP contribution in [0.15, 0.2) is 41.2 Å². The van der Waals surface area contributed by atoms with Gasteiger partial charge in [-0.25, -0.2) is 5.10 Å². The Labute approximate surface area is 122 Å². The number of amides is 1. The molecule has 0 spiro atoms. The molecule has 1 amide bonds. The number of nitrogens with one attached hydrogen (secondary N) is 1. The number of carbonyl (C=O) groups excluding carboxylic acids is 1. The average molecular weight is 287 g/mol. The molecule has 6 heteroatoms. The Bertz CT molecular complexity index is 676. The number of hydrogen-bond donors (Lipinski definition) is 2.